The molecule has 2 heterocycles. The molecule has 2 aliphatic carbocycles. The molecule has 0 N–H and O–H groups in total. The van der Waals surface area contributed by atoms with Crippen LogP contribution >= 0.6 is 0 Å². The van der Waals surface area contributed by atoms with Crippen LogP contribution in [0, 0.1) is 13.8 Å². The molecule has 4 heteroatoms. The van der Waals surface area contributed by atoms with Crippen molar-refractivity contribution in [3.63, 3.8) is 0 Å². The van der Waals surface area contributed by atoms with Crippen molar-refractivity contribution in [1.82, 2.24) is 0 Å². The maximum absolute atomic E-state index is 9.54. The molecule has 85 heavy (non-hydrogen) atoms. The van der Waals surface area contributed by atoms with E-state index in [9.17, 15) is 4.11 Å². The molecule has 0 fully saturated rings. The van der Waals surface area contributed by atoms with Crippen molar-refractivity contribution in [1.29, 1.82) is 0 Å². The van der Waals surface area contributed by atoms with Gasteiger partial charge in [0.15, 0.2) is 0 Å². The third-order valence-corrected chi connectivity index (χ3v) is 20.2. The van der Waals surface area contributed by atoms with Crippen LogP contribution in [0.5, 0.6) is 0 Å². The van der Waals surface area contributed by atoms with Crippen molar-refractivity contribution in [3.05, 3.63) is 237 Å². The molecule has 3 nitrogen and oxygen atoms in total. The van der Waals surface area contributed by atoms with E-state index in [0.717, 1.165) is 79.8 Å². The first-order valence-electron chi connectivity index (χ1n) is 32.7. The summed E-state index contributed by atoms with van der Waals surface area (Å²) in [6.45, 7) is 39.2. The fourth-order valence-corrected chi connectivity index (χ4v) is 15.6. The predicted molar refractivity (Wildman–Crippen MR) is 368 cm³/mol. The Morgan fingerprint density at radius 1 is 0.412 bits per heavy atom. The molecule has 9 aromatic rings. The van der Waals surface area contributed by atoms with E-state index in [4.69, 9.17) is 0 Å². The maximum Gasteiger partial charge on any atom is 0.252 e. The van der Waals surface area contributed by atoms with Crippen molar-refractivity contribution in [2.75, 3.05) is 14.7 Å². The van der Waals surface area contributed by atoms with Gasteiger partial charge in [-0.3, -0.25) is 0 Å². The highest BCUT2D eigenvalue weighted by Gasteiger charge is 2.50. The highest BCUT2D eigenvalue weighted by molar-refractivity contribution is 7.00. The molecule has 0 bridgehead atoms. The predicted octanol–water partition coefficient (Wildman–Crippen LogP) is 20.3. The summed E-state index contributed by atoms with van der Waals surface area (Å²) in [5.41, 5.74) is 27.0. The molecule has 0 aromatic heterocycles. The number of fused-ring (bicyclic) bond motifs is 7. The molecule has 2 aliphatic heterocycles. The number of hydrogen-bond donors (Lipinski definition) is 0. The van der Waals surface area contributed by atoms with Gasteiger partial charge in [0.2, 0.25) is 0 Å². The van der Waals surface area contributed by atoms with Gasteiger partial charge in [0.05, 0.1) is 5.69 Å². The van der Waals surface area contributed by atoms with Crippen LogP contribution in [-0.2, 0) is 37.9 Å². The van der Waals surface area contributed by atoms with E-state index in [1.54, 1.807) is 0 Å². The highest BCUT2D eigenvalue weighted by Crippen LogP contribution is 2.56. The summed E-state index contributed by atoms with van der Waals surface area (Å²) >= 11 is 0. The molecule has 9 aromatic carbocycles. The fourth-order valence-electron chi connectivity index (χ4n) is 15.6. The minimum atomic E-state index is -2.46. The van der Waals surface area contributed by atoms with Crippen molar-refractivity contribution < 1.29 is 4.11 Å². The zero-order chi connectivity index (χ0) is 63.0. The quantitative estimate of drug-likeness (QED) is 0.154. The van der Waals surface area contributed by atoms with Crippen LogP contribution in [0.4, 0.5) is 51.2 Å². The number of aryl methyl sites for hydroxylation is 2. The van der Waals surface area contributed by atoms with Gasteiger partial charge < -0.3 is 14.7 Å². The van der Waals surface area contributed by atoms with Crippen LogP contribution in [-0.4, -0.2) is 6.71 Å². The lowest BCUT2D eigenvalue weighted by Gasteiger charge is -2.47. The van der Waals surface area contributed by atoms with E-state index in [1.165, 1.54) is 61.0 Å². The summed E-state index contributed by atoms with van der Waals surface area (Å²) < 4.78 is 28.6. The smallest absolute Gasteiger partial charge is 0.252 e. The fraction of sp³-hybridized carbons (Fsp3) is 0.333. The van der Waals surface area contributed by atoms with E-state index >= 15 is 0 Å². The normalized spacial score (nSPS) is 17.3. The number of rotatable bonds is 6. The third kappa shape index (κ3) is 8.96. The number of benzene rings is 9. The second-order valence-corrected chi connectivity index (χ2v) is 30.9. The van der Waals surface area contributed by atoms with Gasteiger partial charge in [-0.15, -0.1) is 0 Å². The van der Waals surface area contributed by atoms with E-state index in [-0.39, 0.29) is 44.6 Å². The second-order valence-electron chi connectivity index (χ2n) is 30.9. The van der Waals surface area contributed by atoms with E-state index < -0.39 is 6.85 Å². The second kappa shape index (κ2) is 19.0. The first-order valence-corrected chi connectivity index (χ1v) is 31.2. The van der Waals surface area contributed by atoms with Gasteiger partial charge in [-0.2, -0.15) is 0 Å². The molecular formula is C81H88BN3. The van der Waals surface area contributed by atoms with Crippen LogP contribution < -0.4 is 31.1 Å². The molecule has 0 saturated carbocycles. The Balaban J connectivity index is 1.16. The molecular weight excluding hydrogens is 1030 g/mol. The van der Waals surface area contributed by atoms with E-state index in [1.807, 2.05) is 12.1 Å². The highest BCUT2D eigenvalue weighted by atomic mass is 15.2. The van der Waals surface area contributed by atoms with Crippen LogP contribution in [0.25, 0.3) is 11.1 Å². The average molecular weight is 1120 g/mol. The number of nitrogens with zero attached hydrogens (tertiary/aromatic N) is 3. The van der Waals surface area contributed by atoms with Gasteiger partial charge in [0, 0.05) is 66.0 Å². The molecule has 0 spiro atoms. The van der Waals surface area contributed by atoms with Crippen LogP contribution in [0.1, 0.15) is 189 Å². The van der Waals surface area contributed by atoms with Gasteiger partial charge >= 0.3 is 0 Å². The zero-order valence-electron chi connectivity index (χ0n) is 56.9. The van der Waals surface area contributed by atoms with Crippen molar-refractivity contribution in [2.24, 2.45) is 0 Å². The maximum atomic E-state index is 9.54. The van der Waals surface area contributed by atoms with Crippen LogP contribution in [0.15, 0.2) is 176 Å². The molecule has 0 radical (unpaired) electrons. The number of hydrogen-bond acceptors (Lipinski definition) is 3. The Kier molecular flexibility index (Phi) is 11.8. The molecule has 0 amide bonds. The van der Waals surface area contributed by atoms with Gasteiger partial charge in [-0.25, -0.2) is 0 Å². The first-order chi connectivity index (χ1) is 41.1. The van der Waals surface area contributed by atoms with Crippen LogP contribution in [0.3, 0.4) is 0 Å². The van der Waals surface area contributed by atoms with Crippen LogP contribution in [0.2, 0.25) is 0 Å². The van der Waals surface area contributed by atoms with Gasteiger partial charge in [-0.05, 0) is 203 Å². The Morgan fingerprint density at radius 3 is 1.42 bits per heavy atom. The minimum absolute atomic E-state index is 0.0296. The van der Waals surface area contributed by atoms with E-state index in [0.29, 0.717) is 5.56 Å². The molecule has 430 valence electrons. The lowest BCUT2D eigenvalue weighted by molar-refractivity contribution is 0.403. The zero-order valence-corrected chi connectivity index (χ0v) is 53.9. The largest absolute Gasteiger partial charge is 0.311 e. The monoisotopic (exact) mass is 1120 g/mol. The Labute approximate surface area is 514 Å². The molecule has 4 aliphatic rings. The topological polar surface area (TPSA) is 9.72 Å². The molecule has 13 rings (SSSR count). The van der Waals surface area contributed by atoms with Crippen molar-refractivity contribution in [2.45, 2.75) is 176 Å². The third-order valence-electron chi connectivity index (χ3n) is 20.2. The lowest BCUT2D eigenvalue weighted by Crippen LogP contribution is -2.61. The summed E-state index contributed by atoms with van der Waals surface area (Å²) in [4.78, 5) is 7.36. The summed E-state index contributed by atoms with van der Waals surface area (Å²) in [5, 5.41) is 0. The molecule has 0 atom stereocenters. The van der Waals surface area contributed by atoms with Gasteiger partial charge in [0.1, 0.15) is 0 Å². The lowest BCUT2D eigenvalue weighted by atomic mass is 9.33. The first kappa shape index (κ1) is 53.0. The Bertz CT molecular complexity index is 4240. The van der Waals surface area contributed by atoms with Gasteiger partial charge in [-0.1, -0.05) is 221 Å². The van der Waals surface area contributed by atoms with Crippen molar-refractivity contribution in [3.8, 4) is 11.1 Å². The Hall–Kier alpha value is -7.56. The molecule has 0 saturated heterocycles. The SMILES string of the molecule is [2H]C([2H])([2H])c1cc2c3c(c1)N(c1ccc(C(C)(C)C)cc1-c1ccccc1)c1cc(N(c4ccc(C(C)(C)C)cc4)c4ccc(C(C)(C)C)cc4)ccc1B3c1cc3c(cc1N2c1cc2c(cc1C)C(C)(C)c1ccccc1C2(C)C)C(C)(C)CC3(C)C. The number of anilines is 9. The Morgan fingerprint density at radius 2 is 0.882 bits per heavy atom. The summed E-state index contributed by atoms with van der Waals surface area (Å²) in [7, 11) is 0. The minimum Gasteiger partial charge on any atom is -0.311 e. The summed E-state index contributed by atoms with van der Waals surface area (Å²) in [6.07, 6.45) is 1.01. The van der Waals surface area contributed by atoms with Crippen molar-refractivity contribution >= 4 is 74.3 Å². The standard InChI is InChI=1S/C81H88BN3/c1-50-41-72-74-73(42-50)85(69-48-65-64(43-51(69)2)80(16,17)60-27-23-24-28-61(60)81(65,18)19)71-47-63-62(78(12,13)49-79(63,14)15)46-67(71)82(74)66-39-38-58(45-70(66)84(72)68-40-33-55(77(9,10)11)44-59(68)52-25-21-20-22-26-52)83(56-34-29-53(30-35-56)75(3,4)5)57-36-31-54(32-37-57)76(6,7)8/h20-48H,49H2,1-19H3/i1D3. The molecule has 0 unspecified atom stereocenters. The van der Waals surface area contributed by atoms with E-state index in [2.05, 4.69) is 303 Å². The summed E-state index contributed by atoms with van der Waals surface area (Å²) in [6, 6.07) is 66.3. The average Bonchev–Trinajstić information content (AvgIpc) is 0.948. The summed E-state index contributed by atoms with van der Waals surface area (Å²) in [5.74, 6) is 0. The van der Waals surface area contributed by atoms with Gasteiger partial charge in [0.25, 0.3) is 6.71 Å².